The third-order valence-electron chi connectivity index (χ3n) is 3.73. The molecule has 2 aliphatic rings. The van der Waals surface area contributed by atoms with Gasteiger partial charge in [-0.15, -0.1) is 0 Å². The van der Waals surface area contributed by atoms with E-state index in [1.807, 2.05) is 19.9 Å². The molecule has 92 valence electrons. The summed E-state index contributed by atoms with van der Waals surface area (Å²) in [5.41, 5.74) is 7.12. The Balaban J connectivity index is 1.74. The molecule has 0 radical (unpaired) electrons. The van der Waals surface area contributed by atoms with Crippen LogP contribution < -0.4 is 11.1 Å². The largest absolute Gasteiger partial charge is 0.376 e. The second-order valence-corrected chi connectivity index (χ2v) is 4.98. The number of anilines is 1. The average Bonchev–Trinajstić information content (AvgIpc) is 2.69. The van der Waals surface area contributed by atoms with Crippen molar-refractivity contribution < 1.29 is 4.74 Å². The fourth-order valence-electron chi connectivity index (χ4n) is 2.89. The molecule has 1 aliphatic carbocycles. The highest BCUT2D eigenvalue weighted by molar-refractivity contribution is 5.39. The average molecular weight is 234 g/mol. The first-order chi connectivity index (χ1) is 8.15. The molecule has 2 heterocycles. The first kappa shape index (κ1) is 10.9. The van der Waals surface area contributed by atoms with E-state index in [0.29, 0.717) is 5.92 Å². The molecule has 5 heteroatoms. The van der Waals surface area contributed by atoms with Gasteiger partial charge in [-0.25, -0.2) is 9.97 Å². The van der Waals surface area contributed by atoms with E-state index in [1.165, 1.54) is 0 Å². The van der Waals surface area contributed by atoms with Crippen LogP contribution in [0.2, 0.25) is 0 Å². The lowest BCUT2D eigenvalue weighted by Gasteiger charge is -2.45. The van der Waals surface area contributed by atoms with Crippen molar-refractivity contribution in [3.8, 4) is 0 Å². The van der Waals surface area contributed by atoms with Gasteiger partial charge in [0.1, 0.15) is 11.6 Å². The fraction of sp³-hybridized carbons (Fsp3) is 0.667. The smallest absolute Gasteiger partial charge is 0.130 e. The Morgan fingerprint density at radius 3 is 3.00 bits per heavy atom. The molecule has 1 aromatic rings. The van der Waals surface area contributed by atoms with Crippen molar-refractivity contribution in [2.45, 2.75) is 38.5 Å². The van der Waals surface area contributed by atoms with Crippen LogP contribution in [0.5, 0.6) is 0 Å². The summed E-state index contributed by atoms with van der Waals surface area (Å²) in [7, 11) is 0. The highest BCUT2D eigenvalue weighted by atomic mass is 16.5. The van der Waals surface area contributed by atoms with E-state index < -0.39 is 0 Å². The highest BCUT2D eigenvalue weighted by Crippen LogP contribution is 2.39. The van der Waals surface area contributed by atoms with Gasteiger partial charge in [0.2, 0.25) is 0 Å². The third-order valence-corrected chi connectivity index (χ3v) is 3.73. The Hall–Kier alpha value is -1.20. The zero-order valence-electron chi connectivity index (χ0n) is 10.2. The molecule has 4 unspecified atom stereocenters. The molecule has 1 saturated carbocycles. The minimum Gasteiger partial charge on any atom is -0.376 e. The van der Waals surface area contributed by atoms with Crippen molar-refractivity contribution in [2.24, 2.45) is 11.7 Å². The number of nitrogens with zero attached hydrogens (tertiary/aromatic N) is 2. The van der Waals surface area contributed by atoms with Crippen molar-refractivity contribution in [3.05, 3.63) is 17.6 Å². The summed E-state index contributed by atoms with van der Waals surface area (Å²) in [4.78, 5) is 8.63. The topological polar surface area (TPSA) is 73.1 Å². The Kier molecular flexibility index (Phi) is 2.52. The Bertz CT molecular complexity index is 416. The molecular weight excluding hydrogens is 216 g/mol. The Morgan fingerprint density at radius 2 is 2.24 bits per heavy atom. The van der Waals surface area contributed by atoms with Gasteiger partial charge in [-0.3, -0.25) is 0 Å². The summed E-state index contributed by atoms with van der Waals surface area (Å²) >= 11 is 0. The molecule has 1 aromatic heterocycles. The summed E-state index contributed by atoms with van der Waals surface area (Å²) in [6.45, 7) is 4.70. The molecule has 17 heavy (non-hydrogen) atoms. The maximum Gasteiger partial charge on any atom is 0.130 e. The number of hydrogen-bond donors (Lipinski definition) is 2. The molecule has 0 bridgehead atoms. The monoisotopic (exact) mass is 234 g/mol. The highest BCUT2D eigenvalue weighted by Gasteiger charge is 2.52. The number of nitrogens with one attached hydrogen (secondary N) is 1. The van der Waals surface area contributed by atoms with Crippen molar-refractivity contribution >= 4 is 5.82 Å². The molecule has 2 fully saturated rings. The van der Waals surface area contributed by atoms with E-state index in [9.17, 15) is 0 Å². The summed E-state index contributed by atoms with van der Waals surface area (Å²) in [6, 6.07) is 2.32. The second-order valence-electron chi connectivity index (χ2n) is 4.98. The van der Waals surface area contributed by atoms with E-state index in [0.717, 1.165) is 30.4 Å². The first-order valence-corrected chi connectivity index (χ1v) is 6.11. The van der Waals surface area contributed by atoms with Crippen LogP contribution in [0.3, 0.4) is 0 Å². The van der Waals surface area contributed by atoms with Gasteiger partial charge >= 0.3 is 0 Å². The SMILES string of the molecule is Cc1cc(NC2C(N)C3CCOC32)nc(C)n1. The van der Waals surface area contributed by atoms with Gasteiger partial charge in [-0.1, -0.05) is 0 Å². The predicted octanol–water partition coefficient (Wildman–Crippen LogP) is 0.620. The lowest BCUT2D eigenvalue weighted by Crippen LogP contribution is -2.65. The molecule has 1 aliphatic heterocycles. The van der Waals surface area contributed by atoms with Crippen molar-refractivity contribution in [2.75, 3.05) is 11.9 Å². The third kappa shape index (κ3) is 1.79. The number of aromatic nitrogens is 2. The van der Waals surface area contributed by atoms with Gasteiger partial charge in [0.15, 0.2) is 0 Å². The maximum atomic E-state index is 6.15. The van der Waals surface area contributed by atoms with E-state index in [4.69, 9.17) is 10.5 Å². The van der Waals surface area contributed by atoms with Crippen LogP contribution in [-0.2, 0) is 4.74 Å². The zero-order valence-corrected chi connectivity index (χ0v) is 10.2. The van der Waals surface area contributed by atoms with Crippen LogP contribution in [0, 0.1) is 19.8 Å². The minimum atomic E-state index is 0.179. The quantitative estimate of drug-likeness (QED) is 0.784. The normalized spacial score (nSPS) is 35.2. The van der Waals surface area contributed by atoms with E-state index in [2.05, 4.69) is 15.3 Å². The number of rotatable bonds is 2. The summed E-state index contributed by atoms with van der Waals surface area (Å²) in [5.74, 6) is 2.16. The van der Waals surface area contributed by atoms with Crippen LogP contribution in [0.4, 0.5) is 5.82 Å². The van der Waals surface area contributed by atoms with Gasteiger partial charge in [0, 0.05) is 30.3 Å². The van der Waals surface area contributed by atoms with Crippen LogP contribution in [-0.4, -0.2) is 34.8 Å². The van der Waals surface area contributed by atoms with E-state index in [1.54, 1.807) is 0 Å². The number of nitrogens with two attached hydrogens (primary N) is 1. The molecule has 3 rings (SSSR count). The van der Waals surface area contributed by atoms with Crippen LogP contribution in [0.25, 0.3) is 0 Å². The molecular formula is C12H18N4O. The van der Waals surface area contributed by atoms with Gasteiger partial charge in [0.25, 0.3) is 0 Å². The fourth-order valence-corrected chi connectivity index (χ4v) is 2.89. The molecule has 0 spiro atoms. The summed E-state index contributed by atoms with van der Waals surface area (Å²) in [6.07, 6.45) is 1.35. The minimum absolute atomic E-state index is 0.179. The number of aryl methyl sites for hydroxylation is 2. The number of ether oxygens (including phenoxy) is 1. The zero-order chi connectivity index (χ0) is 12.0. The number of fused-ring (bicyclic) bond motifs is 1. The van der Waals surface area contributed by atoms with Gasteiger partial charge in [-0.2, -0.15) is 0 Å². The Morgan fingerprint density at radius 1 is 1.41 bits per heavy atom. The van der Waals surface area contributed by atoms with E-state index >= 15 is 0 Å². The predicted molar refractivity (Wildman–Crippen MR) is 64.7 cm³/mol. The molecule has 0 aromatic carbocycles. The molecule has 4 atom stereocenters. The van der Waals surface area contributed by atoms with Crippen molar-refractivity contribution in [1.29, 1.82) is 0 Å². The first-order valence-electron chi connectivity index (χ1n) is 6.11. The molecule has 1 saturated heterocycles. The van der Waals surface area contributed by atoms with Gasteiger partial charge < -0.3 is 15.8 Å². The Labute approximate surface area is 101 Å². The van der Waals surface area contributed by atoms with E-state index in [-0.39, 0.29) is 18.2 Å². The summed E-state index contributed by atoms with van der Waals surface area (Å²) < 4.78 is 5.68. The van der Waals surface area contributed by atoms with Crippen molar-refractivity contribution in [1.82, 2.24) is 9.97 Å². The number of hydrogen-bond acceptors (Lipinski definition) is 5. The molecule has 3 N–H and O–H groups in total. The maximum absolute atomic E-state index is 6.15. The van der Waals surface area contributed by atoms with Gasteiger partial charge in [0.05, 0.1) is 12.1 Å². The lowest BCUT2D eigenvalue weighted by atomic mass is 9.72. The second kappa shape index (κ2) is 3.92. The lowest BCUT2D eigenvalue weighted by molar-refractivity contribution is 0.00523. The standard InChI is InChI=1S/C12H18N4O/c1-6-5-9(15-7(2)14-6)16-11-10(13)8-3-4-17-12(8)11/h5,8,10-12H,3-4,13H2,1-2H3,(H,14,15,16). The molecule has 0 amide bonds. The van der Waals surface area contributed by atoms with Crippen LogP contribution in [0.1, 0.15) is 17.9 Å². The molecule has 5 nitrogen and oxygen atoms in total. The van der Waals surface area contributed by atoms with Gasteiger partial charge in [-0.05, 0) is 20.3 Å². The van der Waals surface area contributed by atoms with Crippen LogP contribution in [0.15, 0.2) is 6.07 Å². The summed E-state index contributed by atoms with van der Waals surface area (Å²) in [5, 5.41) is 3.38. The van der Waals surface area contributed by atoms with Crippen molar-refractivity contribution in [3.63, 3.8) is 0 Å². The van der Waals surface area contributed by atoms with Crippen LogP contribution >= 0.6 is 0 Å².